The van der Waals surface area contributed by atoms with Crippen LogP contribution in [-0.2, 0) is 10.0 Å². The Hall–Kier alpha value is -0.960. The number of aromatic carboxylic acids is 1. The van der Waals surface area contributed by atoms with E-state index >= 15 is 0 Å². The van der Waals surface area contributed by atoms with Gasteiger partial charge in [0, 0.05) is 0 Å². The van der Waals surface area contributed by atoms with Gasteiger partial charge in [0.25, 0.3) is 0 Å². The lowest BCUT2D eigenvalue weighted by molar-refractivity contribution is 0.0698. The SMILES string of the molecule is Cc1csc(C(=O)O)c1S(=O)(=O)NC1(CO)CC1. The highest BCUT2D eigenvalue weighted by Gasteiger charge is 2.46. The molecular formula is C10H13NO5S2. The smallest absolute Gasteiger partial charge is 0.347 e. The molecule has 2 rings (SSSR count). The van der Waals surface area contributed by atoms with E-state index in [9.17, 15) is 13.2 Å². The predicted molar refractivity (Wildman–Crippen MR) is 65.4 cm³/mol. The first-order chi connectivity index (χ1) is 8.31. The van der Waals surface area contributed by atoms with E-state index in [0.717, 1.165) is 11.3 Å². The van der Waals surface area contributed by atoms with E-state index in [1.54, 1.807) is 6.92 Å². The number of nitrogens with one attached hydrogen (secondary N) is 1. The minimum atomic E-state index is -3.91. The molecule has 1 aliphatic carbocycles. The van der Waals surface area contributed by atoms with Gasteiger partial charge in [-0.15, -0.1) is 11.3 Å². The number of aryl methyl sites for hydroxylation is 1. The zero-order chi connectivity index (χ0) is 13.6. The highest BCUT2D eigenvalue weighted by atomic mass is 32.2. The van der Waals surface area contributed by atoms with Gasteiger partial charge in [-0.1, -0.05) is 0 Å². The van der Waals surface area contributed by atoms with Crippen molar-refractivity contribution in [1.82, 2.24) is 4.72 Å². The molecule has 1 fully saturated rings. The zero-order valence-electron chi connectivity index (χ0n) is 9.63. The summed E-state index contributed by atoms with van der Waals surface area (Å²) in [7, 11) is -3.91. The van der Waals surface area contributed by atoms with Crippen LogP contribution < -0.4 is 4.72 Å². The fourth-order valence-electron chi connectivity index (χ4n) is 1.69. The quantitative estimate of drug-likeness (QED) is 0.735. The first kappa shape index (κ1) is 13.5. The number of carboxylic acid groups (broad SMARTS) is 1. The van der Waals surface area contributed by atoms with Crippen LogP contribution in [0.25, 0.3) is 0 Å². The van der Waals surface area contributed by atoms with E-state index in [4.69, 9.17) is 10.2 Å². The second-order valence-corrected chi connectivity index (χ2v) is 6.92. The molecule has 0 amide bonds. The summed E-state index contributed by atoms with van der Waals surface area (Å²) < 4.78 is 26.7. The van der Waals surface area contributed by atoms with Crippen LogP contribution in [0.1, 0.15) is 28.1 Å². The number of carbonyl (C=O) groups is 1. The van der Waals surface area contributed by atoms with Crippen molar-refractivity contribution in [2.75, 3.05) is 6.61 Å². The number of hydrogen-bond acceptors (Lipinski definition) is 5. The summed E-state index contributed by atoms with van der Waals surface area (Å²) in [5.74, 6) is -1.26. The van der Waals surface area contributed by atoms with Gasteiger partial charge in [0.2, 0.25) is 10.0 Å². The average Bonchev–Trinajstić information content (AvgIpc) is 2.90. The molecule has 0 spiro atoms. The Labute approximate surface area is 108 Å². The minimum absolute atomic E-state index is 0.195. The monoisotopic (exact) mass is 291 g/mol. The molecule has 0 bridgehead atoms. The van der Waals surface area contributed by atoms with Crippen LogP contribution in [-0.4, -0.2) is 36.7 Å². The number of thiophene rings is 1. The van der Waals surface area contributed by atoms with E-state index in [1.807, 2.05) is 0 Å². The lowest BCUT2D eigenvalue weighted by Gasteiger charge is -2.15. The molecule has 0 radical (unpaired) electrons. The molecular weight excluding hydrogens is 278 g/mol. The molecule has 0 aromatic carbocycles. The third-order valence-electron chi connectivity index (χ3n) is 2.89. The standard InChI is InChI=1S/C10H13NO5S2/c1-6-4-17-7(9(13)14)8(6)18(15,16)11-10(5-12)2-3-10/h4,11-12H,2-3,5H2,1H3,(H,13,14). The van der Waals surface area contributed by atoms with Crippen LogP contribution in [0, 0.1) is 6.92 Å². The molecule has 1 aliphatic rings. The Bertz CT molecular complexity index is 585. The van der Waals surface area contributed by atoms with Gasteiger partial charge in [-0.25, -0.2) is 17.9 Å². The first-order valence-electron chi connectivity index (χ1n) is 5.27. The van der Waals surface area contributed by atoms with Gasteiger partial charge in [-0.3, -0.25) is 0 Å². The Morgan fingerprint density at radius 1 is 1.56 bits per heavy atom. The molecule has 1 heterocycles. The molecule has 8 heteroatoms. The zero-order valence-corrected chi connectivity index (χ0v) is 11.3. The maximum absolute atomic E-state index is 12.2. The van der Waals surface area contributed by atoms with Crippen molar-refractivity contribution >= 4 is 27.3 Å². The fraction of sp³-hybridized carbons (Fsp3) is 0.500. The van der Waals surface area contributed by atoms with Gasteiger partial charge >= 0.3 is 5.97 Å². The van der Waals surface area contributed by atoms with Crippen molar-refractivity contribution < 1.29 is 23.4 Å². The summed E-state index contributed by atoms with van der Waals surface area (Å²) in [5.41, 5.74) is -0.401. The maximum Gasteiger partial charge on any atom is 0.347 e. The summed E-state index contributed by atoms with van der Waals surface area (Å²) in [5, 5.41) is 19.6. The van der Waals surface area contributed by atoms with Gasteiger partial charge in [-0.05, 0) is 30.7 Å². The van der Waals surface area contributed by atoms with Crippen LogP contribution in [0.5, 0.6) is 0 Å². The molecule has 1 aromatic heterocycles. The number of carboxylic acids is 1. The highest BCUT2D eigenvalue weighted by Crippen LogP contribution is 2.37. The van der Waals surface area contributed by atoms with Gasteiger partial charge in [-0.2, -0.15) is 0 Å². The number of aliphatic hydroxyl groups is 1. The summed E-state index contributed by atoms with van der Waals surface area (Å²) >= 11 is 0.884. The van der Waals surface area contributed by atoms with E-state index < -0.39 is 21.5 Å². The number of sulfonamides is 1. The van der Waals surface area contributed by atoms with Gasteiger partial charge < -0.3 is 10.2 Å². The molecule has 100 valence electrons. The van der Waals surface area contributed by atoms with Crippen LogP contribution in [0.15, 0.2) is 10.3 Å². The van der Waals surface area contributed by atoms with Crippen molar-refractivity contribution in [2.45, 2.75) is 30.2 Å². The fourth-order valence-corrected chi connectivity index (χ4v) is 4.78. The molecule has 0 aliphatic heterocycles. The van der Waals surface area contributed by atoms with Crippen molar-refractivity contribution in [3.63, 3.8) is 0 Å². The Kier molecular flexibility index (Phi) is 3.22. The van der Waals surface area contributed by atoms with Crippen LogP contribution in [0.4, 0.5) is 0 Å². The van der Waals surface area contributed by atoms with E-state index in [-0.39, 0.29) is 16.4 Å². The lowest BCUT2D eigenvalue weighted by atomic mass is 10.3. The molecule has 3 N–H and O–H groups in total. The average molecular weight is 291 g/mol. The van der Waals surface area contributed by atoms with Gasteiger partial charge in [0.05, 0.1) is 12.1 Å². The highest BCUT2D eigenvalue weighted by molar-refractivity contribution is 7.89. The van der Waals surface area contributed by atoms with Crippen molar-refractivity contribution in [1.29, 1.82) is 0 Å². The maximum atomic E-state index is 12.2. The first-order valence-corrected chi connectivity index (χ1v) is 7.64. The summed E-state index contributed by atoms with van der Waals surface area (Å²) in [4.78, 5) is 10.6. The second-order valence-electron chi connectivity index (χ2n) is 4.43. The summed E-state index contributed by atoms with van der Waals surface area (Å²) in [6.07, 6.45) is 1.13. The third kappa shape index (κ3) is 2.28. The van der Waals surface area contributed by atoms with Crippen LogP contribution in [0.3, 0.4) is 0 Å². The van der Waals surface area contributed by atoms with Crippen LogP contribution in [0.2, 0.25) is 0 Å². The topological polar surface area (TPSA) is 104 Å². The Morgan fingerprint density at radius 2 is 2.17 bits per heavy atom. The van der Waals surface area contributed by atoms with E-state index in [0.29, 0.717) is 18.4 Å². The molecule has 0 saturated heterocycles. The van der Waals surface area contributed by atoms with Crippen molar-refractivity contribution in [3.05, 3.63) is 15.8 Å². The molecule has 6 nitrogen and oxygen atoms in total. The van der Waals surface area contributed by atoms with E-state index in [1.165, 1.54) is 5.38 Å². The largest absolute Gasteiger partial charge is 0.477 e. The second kappa shape index (κ2) is 4.30. The number of aliphatic hydroxyl groups excluding tert-OH is 1. The van der Waals surface area contributed by atoms with Crippen LogP contribution >= 0.6 is 11.3 Å². The molecule has 18 heavy (non-hydrogen) atoms. The molecule has 0 unspecified atom stereocenters. The lowest BCUT2D eigenvalue weighted by Crippen LogP contribution is -2.40. The molecule has 0 atom stereocenters. The van der Waals surface area contributed by atoms with Crippen molar-refractivity contribution in [2.24, 2.45) is 0 Å². The summed E-state index contributed by atoms with van der Waals surface area (Å²) in [6, 6.07) is 0. The summed E-state index contributed by atoms with van der Waals surface area (Å²) in [6.45, 7) is 1.27. The normalized spacial score (nSPS) is 17.7. The predicted octanol–water partition coefficient (Wildman–Crippen LogP) is 0.558. The third-order valence-corrected chi connectivity index (χ3v) is 5.87. The Balaban J connectivity index is 2.41. The van der Waals surface area contributed by atoms with Gasteiger partial charge in [0.1, 0.15) is 9.77 Å². The number of hydrogen-bond donors (Lipinski definition) is 3. The number of rotatable bonds is 5. The molecule has 1 aromatic rings. The Morgan fingerprint density at radius 3 is 2.61 bits per heavy atom. The molecule has 1 saturated carbocycles. The minimum Gasteiger partial charge on any atom is -0.477 e. The van der Waals surface area contributed by atoms with Gasteiger partial charge in [0.15, 0.2) is 0 Å². The van der Waals surface area contributed by atoms with Crippen molar-refractivity contribution in [3.8, 4) is 0 Å². The van der Waals surface area contributed by atoms with E-state index in [2.05, 4.69) is 4.72 Å².